The number of imidazole rings is 1. The predicted molar refractivity (Wildman–Crippen MR) is 98.7 cm³/mol. The average molecular weight is 329 g/mol. The van der Waals surface area contributed by atoms with Gasteiger partial charge in [-0.2, -0.15) is 0 Å². The summed E-state index contributed by atoms with van der Waals surface area (Å²) in [7, 11) is 0. The second-order valence-electron chi connectivity index (χ2n) is 5.87. The van der Waals surface area contributed by atoms with Gasteiger partial charge in [0.2, 0.25) is 0 Å². The van der Waals surface area contributed by atoms with E-state index in [0.29, 0.717) is 0 Å². The molecule has 4 heteroatoms. The van der Waals surface area contributed by atoms with Crippen molar-refractivity contribution in [2.24, 2.45) is 0 Å². The number of fused-ring (bicyclic) bond motifs is 5. The summed E-state index contributed by atoms with van der Waals surface area (Å²) < 4.78 is 2.22. The van der Waals surface area contributed by atoms with Crippen LogP contribution in [0.1, 0.15) is 5.82 Å². The first-order valence-electron chi connectivity index (χ1n) is 8.05. The summed E-state index contributed by atoms with van der Waals surface area (Å²) >= 11 is 1.90. The van der Waals surface area contributed by atoms with E-state index in [0.717, 1.165) is 40.5 Å². The van der Waals surface area contributed by atoms with E-state index in [4.69, 9.17) is 4.98 Å². The van der Waals surface area contributed by atoms with Crippen LogP contribution in [0.25, 0.3) is 27.8 Å². The molecule has 0 bridgehead atoms. The first-order valence-corrected chi connectivity index (χ1v) is 9.03. The number of benzene rings is 2. The van der Waals surface area contributed by atoms with Gasteiger partial charge in [-0.1, -0.05) is 48.5 Å². The lowest BCUT2D eigenvalue weighted by Crippen LogP contribution is -2.00. The molecule has 2 aromatic heterocycles. The Morgan fingerprint density at radius 2 is 1.79 bits per heavy atom. The Kier molecular flexibility index (Phi) is 3.16. The van der Waals surface area contributed by atoms with E-state index in [-0.39, 0.29) is 0 Å². The topological polar surface area (TPSA) is 30.7 Å². The van der Waals surface area contributed by atoms with Gasteiger partial charge in [0.25, 0.3) is 0 Å². The van der Waals surface area contributed by atoms with Gasteiger partial charge in [-0.15, -0.1) is 11.8 Å². The highest BCUT2D eigenvalue weighted by molar-refractivity contribution is 7.99. The van der Waals surface area contributed by atoms with Crippen LogP contribution in [0.15, 0.2) is 71.9 Å². The van der Waals surface area contributed by atoms with Gasteiger partial charge in [-0.05, 0) is 6.07 Å². The zero-order chi connectivity index (χ0) is 15.9. The van der Waals surface area contributed by atoms with Crippen LogP contribution in [0, 0.1) is 0 Å². The van der Waals surface area contributed by atoms with E-state index >= 15 is 0 Å². The fourth-order valence-electron chi connectivity index (χ4n) is 3.22. The SMILES string of the molecule is c1ccc(-c2cn3c(n2)CCSc2c-3cnc3ccccc23)cc1. The number of hydrogen-bond acceptors (Lipinski definition) is 3. The van der Waals surface area contributed by atoms with Crippen LogP contribution in [0.3, 0.4) is 0 Å². The minimum absolute atomic E-state index is 0.959. The van der Waals surface area contributed by atoms with Crippen molar-refractivity contribution in [3.63, 3.8) is 0 Å². The number of para-hydroxylation sites is 1. The van der Waals surface area contributed by atoms with Crippen molar-refractivity contribution in [2.75, 3.05) is 5.75 Å². The lowest BCUT2D eigenvalue weighted by atomic mass is 10.2. The Balaban J connectivity index is 1.74. The normalized spacial score (nSPS) is 13.3. The molecule has 0 saturated heterocycles. The number of aryl methyl sites for hydroxylation is 1. The summed E-state index contributed by atoms with van der Waals surface area (Å²) in [5.74, 6) is 2.14. The van der Waals surface area contributed by atoms with Gasteiger partial charge in [0.1, 0.15) is 5.82 Å². The quantitative estimate of drug-likeness (QED) is 0.505. The van der Waals surface area contributed by atoms with Crippen LogP contribution < -0.4 is 0 Å². The molecule has 0 radical (unpaired) electrons. The van der Waals surface area contributed by atoms with E-state index in [1.165, 1.54) is 10.3 Å². The van der Waals surface area contributed by atoms with Gasteiger partial charge in [0, 0.05) is 34.2 Å². The highest BCUT2D eigenvalue weighted by Crippen LogP contribution is 2.36. The second kappa shape index (κ2) is 5.49. The number of rotatable bonds is 1. The van der Waals surface area contributed by atoms with Crippen molar-refractivity contribution in [2.45, 2.75) is 11.3 Å². The Morgan fingerprint density at radius 3 is 2.71 bits per heavy atom. The molecule has 2 aromatic carbocycles. The van der Waals surface area contributed by atoms with Crippen molar-refractivity contribution in [1.29, 1.82) is 0 Å². The van der Waals surface area contributed by atoms with Crippen molar-refractivity contribution in [3.05, 3.63) is 72.8 Å². The van der Waals surface area contributed by atoms with Crippen LogP contribution in [-0.2, 0) is 6.42 Å². The summed E-state index contributed by atoms with van der Waals surface area (Å²) in [6, 6.07) is 18.7. The van der Waals surface area contributed by atoms with Gasteiger partial charge >= 0.3 is 0 Å². The Bertz CT molecular complexity index is 1040. The molecule has 0 unspecified atom stereocenters. The Morgan fingerprint density at radius 1 is 0.958 bits per heavy atom. The highest BCUT2D eigenvalue weighted by atomic mass is 32.2. The molecule has 4 aromatic rings. The molecule has 116 valence electrons. The molecule has 3 nitrogen and oxygen atoms in total. The predicted octanol–water partition coefficient (Wildman–Crippen LogP) is 4.74. The van der Waals surface area contributed by atoms with E-state index in [2.05, 4.69) is 58.2 Å². The Hall–Kier alpha value is -2.59. The summed E-state index contributed by atoms with van der Waals surface area (Å²) in [6.45, 7) is 0. The molecule has 24 heavy (non-hydrogen) atoms. The Labute approximate surface area is 144 Å². The second-order valence-corrected chi connectivity index (χ2v) is 6.97. The van der Waals surface area contributed by atoms with Gasteiger partial charge in [-0.3, -0.25) is 4.98 Å². The van der Waals surface area contributed by atoms with Crippen molar-refractivity contribution in [3.8, 4) is 16.9 Å². The molecule has 1 aliphatic rings. The number of pyridine rings is 1. The number of thioether (sulfide) groups is 1. The minimum Gasteiger partial charge on any atom is -0.300 e. The minimum atomic E-state index is 0.959. The maximum atomic E-state index is 4.88. The zero-order valence-electron chi connectivity index (χ0n) is 13.0. The van der Waals surface area contributed by atoms with Crippen molar-refractivity contribution < 1.29 is 0 Å². The lowest BCUT2D eigenvalue weighted by Gasteiger charge is -2.10. The molecule has 0 saturated carbocycles. The fourth-order valence-corrected chi connectivity index (χ4v) is 4.34. The van der Waals surface area contributed by atoms with Crippen LogP contribution in [0.4, 0.5) is 0 Å². The average Bonchev–Trinajstić information content (AvgIpc) is 2.99. The largest absolute Gasteiger partial charge is 0.300 e. The molecule has 0 spiro atoms. The molecule has 0 atom stereocenters. The van der Waals surface area contributed by atoms with Crippen LogP contribution in [-0.4, -0.2) is 20.3 Å². The van der Waals surface area contributed by atoms with Gasteiger partial charge in [-0.25, -0.2) is 4.98 Å². The maximum absolute atomic E-state index is 4.88. The molecule has 1 aliphatic heterocycles. The molecular formula is C20H15N3S. The van der Waals surface area contributed by atoms with E-state index in [1.54, 1.807) is 0 Å². The van der Waals surface area contributed by atoms with Gasteiger partial charge in [0.15, 0.2) is 0 Å². The van der Waals surface area contributed by atoms with E-state index < -0.39 is 0 Å². The van der Waals surface area contributed by atoms with Crippen LogP contribution >= 0.6 is 11.8 Å². The molecule has 5 rings (SSSR count). The van der Waals surface area contributed by atoms with E-state index in [1.807, 2.05) is 30.1 Å². The third-order valence-corrected chi connectivity index (χ3v) is 5.51. The first kappa shape index (κ1) is 13.8. The van der Waals surface area contributed by atoms with Crippen LogP contribution in [0.5, 0.6) is 0 Å². The molecular weight excluding hydrogens is 314 g/mol. The number of hydrogen-bond donors (Lipinski definition) is 0. The van der Waals surface area contributed by atoms with Crippen molar-refractivity contribution in [1.82, 2.24) is 14.5 Å². The lowest BCUT2D eigenvalue weighted by molar-refractivity contribution is 0.894. The monoisotopic (exact) mass is 329 g/mol. The summed E-state index contributed by atoms with van der Waals surface area (Å²) in [5, 5.41) is 1.22. The third-order valence-electron chi connectivity index (χ3n) is 4.39. The molecule has 0 amide bonds. The summed E-state index contributed by atoms with van der Waals surface area (Å²) in [4.78, 5) is 10.8. The fraction of sp³-hybridized carbons (Fsp3) is 0.100. The number of nitrogens with zero attached hydrogens (tertiary/aromatic N) is 3. The molecule has 0 fully saturated rings. The maximum Gasteiger partial charge on any atom is 0.114 e. The number of aromatic nitrogens is 3. The molecule has 0 aliphatic carbocycles. The third kappa shape index (κ3) is 2.14. The summed E-state index contributed by atoms with van der Waals surface area (Å²) in [6.07, 6.45) is 5.09. The zero-order valence-corrected chi connectivity index (χ0v) is 13.8. The van der Waals surface area contributed by atoms with Crippen LogP contribution in [0.2, 0.25) is 0 Å². The highest BCUT2D eigenvalue weighted by Gasteiger charge is 2.19. The first-order chi connectivity index (χ1) is 11.9. The van der Waals surface area contributed by atoms with E-state index in [9.17, 15) is 0 Å². The standard InChI is InChI=1S/C20H15N3S/c1-2-6-14(7-3-1)17-13-23-18-12-21-16-9-5-4-8-15(16)20(18)24-11-10-19(23)22-17/h1-9,12-13H,10-11H2. The molecule has 0 N–H and O–H groups in total. The molecule has 3 heterocycles. The van der Waals surface area contributed by atoms with Gasteiger partial charge in [0.05, 0.1) is 23.1 Å². The van der Waals surface area contributed by atoms with Gasteiger partial charge < -0.3 is 4.57 Å². The van der Waals surface area contributed by atoms with Crippen molar-refractivity contribution >= 4 is 22.7 Å². The summed E-state index contributed by atoms with van der Waals surface area (Å²) in [5.41, 5.74) is 4.37. The smallest absolute Gasteiger partial charge is 0.114 e.